The Bertz CT molecular complexity index is 817. The first-order valence-electron chi connectivity index (χ1n) is 10.6. The van der Waals surface area contributed by atoms with E-state index in [9.17, 15) is 4.79 Å². The molecule has 1 aliphatic heterocycles. The van der Waals surface area contributed by atoms with Crippen molar-refractivity contribution in [2.45, 2.75) is 38.3 Å². The zero-order valence-electron chi connectivity index (χ0n) is 18.2. The van der Waals surface area contributed by atoms with Gasteiger partial charge in [-0.2, -0.15) is 0 Å². The molecule has 2 aromatic carbocycles. The summed E-state index contributed by atoms with van der Waals surface area (Å²) in [5.41, 5.74) is 0.948. The highest BCUT2D eigenvalue weighted by Crippen LogP contribution is 2.29. The third kappa shape index (κ3) is 7.36. The summed E-state index contributed by atoms with van der Waals surface area (Å²) in [5, 5.41) is 2.93. The number of rotatable bonds is 12. The predicted molar refractivity (Wildman–Crippen MR) is 117 cm³/mol. The largest absolute Gasteiger partial charge is 0.497 e. The molecule has 1 saturated heterocycles. The number of carbonyl (C=O) groups excluding carboxylic acids is 1. The molecule has 0 saturated carbocycles. The van der Waals surface area contributed by atoms with Gasteiger partial charge >= 0.3 is 0 Å². The first-order valence-corrected chi connectivity index (χ1v) is 10.6. The lowest BCUT2D eigenvalue weighted by Gasteiger charge is -2.15. The summed E-state index contributed by atoms with van der Waals surface area (Å²) in [6.45, 7) is 2.23. The number of amides is 1. The van der Waals surface area contributed by atoms with E-state index >= 15 is 0 Å². The third-order valence-corrected chi connectivity index (χ3v) is 5.04. The Morgan fingerprint density at radius 1 is 1.03 bits per heavy atom. The van der Waals surface area contributed by atoms with Crippen LogP contribution in [-0.4, -0.2) is 46.1 Å². The molecule has 1 amide bonds. The van der Waals surface area contributed by atoms with Crippen molar-refractivity contribution in [3.63, 3.8) is 0 Å². The monoisotopic (exact) mass is 429 g/mol. The van der Waals surface area contributed by atoms with E-state index in [0.717, 1.165) is 36.5 Å². The molecule has 1 unspecified atom stereocenters. The van der Waals surface area contributed by atoms with Gasteiger partial charge in [-0.05, 0) is 61.2 Å². The van der Waals surface area contributed by atoms with Crippen LogP contribution < -0.4 is 24.3 Å². The zero-order valence-corrected chi connectivity index (χ0v) is 18.2. The summed E-state index contributed by atoms with van der Waals surface area (Å²) in [6, 6.07) is 13.1. The molecule has 0 aliphatic carbocycles. The van der Waals surface area contributed by atoms with Gasteiger partial charge in [0.25, 0.3) is 0 Å². The lowest BCUT2D eigenvalue weighted by Crippen LogP contribution is -2.23. The van der Waals surface area contributed by atoms with Crippen molar-refractivity contribution in [3.8, 4) is 23.0 Å². The Labute approximate surface area is 183 Å². The molecular formula is C24H31NO6. The molecule has 7 nitrogen and oxygen atoms in total. The van der Waals surface area contributed by atoms with Gasteiger partial charge in [0, 0.05) is 19.6 Å². The van der Waals surface area contributed by atoms with E-state index in [2.05, 4.69) is 5.32 Å². The molecule has 1 N–H and O–H groups in total. The van der Waals surface area contributed by atoms with Gasteiger partial charge in [0.05, 0.1) is 26.9 Å². The second kappa shape index (κ2) is 12.1. The van der Waals surface area contributed by atoms with Crippen LogP contribution >= 0.6 is 0 Å². The zero-order chi connectivity index (χ0) is 21.9. The van der Waals surface area contributed by atoms with Gasteiger partial charge in [-0.25, -0.2) is 0 Å². The van der Waals surface area contributed by atoms with Crippen molar-refractivity contribution in [1.29, 1.82) is 0 Å². The molecular weight excluding hydrogens is 398 g/mol. The fourth-order valence-electron chi connectivity index (χ4n) is 3.28. The summed E-state index contributed by atoms with van der Waals surface area (Å²) in [7, 11) is 3.23. The van der Waals surface area contributed by atoms with Gasteiger partial charge in [-0.3, -0.25) is 4.79 Å². The average molecular weight is 430 g/mol. The van der Waals surface area contributed by atoms with E-state index in [0.29, 0.717) is 44.1 Å². The number of nitrogens with one attached hydrogen (secondary N) is 1. The van der Waals surface area contributed by atoms with Crippen molar-refractivity contribution in [3.05, 3.63) is 48.0 Å². The lowest BCUT2D eigenvalue weighted by molar-refractivity contribution is -0.121. The van der Waals surface area contributed by atoms with E-state index < -0.39 is 0 Å². The van der Waals surface area contributed by atoms with Crippen molar-refractivity contribution in [1.82, 2.24) is 5.32 Å². The maximum absolute atomic E-state index is 12.1. The normalized spacial score (nSPS) is 15.4. The minimum Gasteiger partial charge on any atom is -0.497 e. The molecule has 7 heteroatoms. The number of carbonyl (C=O) groups is 1. The molecule has 1 fully saturated rings. The fourth-order valence-corrected chi connectivity index (χ4v) is 3.28. The van der Waals surface area contributed by atoms with Crippen LogP contribution in [0.4, 0.5) is 0 Å². The van der Waals surface area contributed by atoms with E-state index in [-0.39, 0.29) is 12.0 Å². The Hall–Kier alpha value is -2.93. The van der Waals surface area contributed by atoms with Crippen LogP contribution in [-0.2, 0) is 16.1 Å². The fraction of sp³-hybridized carbons (Fsp3) is 0.458. The van der Waals surface area contributed by atoms with Crippen LogP contribution in [0, 0.1) is 0 Å². The quantitative estimate of drug-likeness (QED) is 0.518. The summed E-state index contributed by atoms with van der Waals surface area (Å²) in [6.07, 6.45) is 3.29. The summed E-state index contributed by atoms with van der Waals surface area (Å²) >= 11 is 0. The van der Waals surface area contributed by atoms with E-state index in [1.807, 2.05) is 42.5 Å². The second-order valence-corrected chi connectivity index (χ2v) is 7.34. The smallest absolute Gasteiger partial charge is 0.220 e. The number of methoxy groups -OCH3 is 2. The predicted octanol–water partition coefficient (Wildman–Crippen LogP) is 3.74. The summed E-state index contributed by atoms with van der Waals surface area (Å²) < 4.78 is 27.6. The van der Waals surface area contributed by atoms with E-state index in [1.54, 1.807) is 14.2 Å². The van der Waals surface area contributed by atoms with Crippen molar-refractivity contribution < 1.29 is 28.5 Å². The number of hydrogen-bond acceptors (Lipinski definition) is 6. The number of hydrogen-bond donors (Lipinski definition) is 1. The molecule has 1 heterocycles. The molecule has 1 aliphatic rings. The highest BCUT2D eigenvalue weighted by Gasteiger charge is 2.17. The summed E-state index contributed by atoms with van der Waals surface area (Å²) in [5.74, 6) is 2.86. The first kappa shape index (κ1) is 22.7. The minimum atomic E-state index is -0.0176. The second-order valence-electron chi connectivity index (χ2n) is 7.34. The average Bonchev–Trinajstić information content (AvgIpc) is 3.33. The van der Waals surface area contributed by atoms with E-state index in [1.165, 1.54) is 0 Å². The molecule has 3 rings (SSSR count). The molecule has 0 bridgehead atoms. The molecule has 2 aromatic rings. The minimum absolute atomic E-state index is 0.0176. The van der Waals surface area contributed by atoms with Crippen LogP contribution in [0.3, 0.4) is 0 Å². The Balaban J connectivity index is 1.36. The van der Waals surface area contributed by atoms with Crippen molar-refractivity contribution in [2.24, 2.45) is 0 Å². The Morgan fingerprint density at radius 2 is 1.84 bits per heavy atom. The molecule has 0 aromatic heterocycles. The third-order valence-electron chi connectivity index (χ3n) is 5.04. The Kier molecular flexibility index (Phi) is 8.84. The van der Waals surface area contributed by atoms with Gasteiger partial charge in [-0.15, -0.1) is 0 Å². The van der Waals surface area contributed by atoms with Gasteiger partial charge < -0.3 is 29.0 Å². The molecule has 0 spiro atoms. The molecule has 31 heavy (non-hydrogen) atoms. The van der Waals surface area contributed by atoms with Gasteiger partial charge in [-0.1, -0.05) is 6.07 Å². The standard InChI is InChI=1S/C24H31NO6/c1-27-19-8-10-20(11-9-19)29-14-4-6-24(26)25-16-18-7-12-22(23(15-18)28-2)31-17-21-5-3-13-30-21/h7-12,15,21H,3-6,13-14,16-17H2,1-2H3,(H,25,26). The van der Waals surface area contributed by atoms with Crippen molar-refractivity contribution >= 4 is 5.91 Å². The van der Waals surface area contributed by atoms with Gasteiger partial charge in [0.15, 0.2) is 11.5 Å². The lowest BCUT2D eigenvalue weighted by atomic mass is 10.2. The number of ether oxygens (including phenoxy) is 5. The van der Waals surface area contributed by atoms with Crippen LogP contribution in [0.25, 0.3) is 0 Å². The SMILES string of the molecule is COc1ccc(OCCCC(=O)NCc2ccc(OCC3CCCO3)c(OC)c2)cc1. The Morgan fingerprint density at radius 3 is 2.55 bits per heavy atom. The first-order chi connectivity index (χ1) is 15.2. The highest BCUT2D eigenvalue weighted by molar-refractivity contribution is 5.75. The summed E-state index contributed by atoms with van der Waals surface area (Å²) in [4.78, 5) is 12.1. The maximum Gasteiger partial charge on any atom is 0.220 e. The topological polar surface area (TPSA) is 75.3 Å². The van der Waals surface area contributed by atoms with E-state index in [4.69, 9.17) is 23.7 Å². The van der Waals surface area contributed by atoms with Crippen LogP contribution in [0.5, 0.6) is 23.0 Å². The van der Waals surface area contributed by atoms with Crippen LogP contribution in [0.1, 0.15) is 31.2 Å². The van der Waals surface area contributed by atoms with Gasteiger partial charge in [0.2, 0.25) is 5.91 Å². The van der Waals surface area contributed by atoms with Gasteiger partial charge in [0.1, 0.15) is 18.1 Å². The molecule has 1 atom stereocenters. The maximum atomic E-state index is 12.1. The molecule has 168 valence electrons. The number of benzene rings is 2. The molecule has 0 radical (unpaired) electrons. The highest BCUT2D eigenvalue weighted by atomic mass is 16.5. The van der Waals surface area contributed by atoms with Crippen molar-refractivity contribution in [2.75, 3.05) is 34.0 Å². The van der Waals surface area contributed by atoms with Crippen LogP contribution in [0.15, 0.2) is 42.5 Å². The van der Waals surface area contributed by atoms with Crippen LogP contribution in [0.2, 0.25) is 0 Å².